The average Bonchev–Trinajstić information content (AvgIpc) is 1.85. The van der Waals surface area contributed by atoms with Gasteiger partial charge in [0.2, 0.25) is 0 Å². The molecule has 0 bridgehead atoms. The van der Waals surface area contributed by atoms with Crippen molar-refractivity contribution in [1.29, 1.82) is 0 Å². The molecule has 0 saturated carbocycles. The van der Waals surface area contributed by atoms with Gasteiger partial charge in [0.1, 0.15) is 0 Å². The molecule has 2 heteroatoms. The summed E-state index contributed by atoms with van der Waals surface area (Å²) >= 11 is 4.10. The Labute approximate surface area is 75.9 Å². The molecule has 1 nitrogen and oxygen atoms in total. The lowest BCUT2D eigenvalue weighted by Gasteiger charge is -2.17. The van der Waals surface area contributed by atoms with Crippen molar-refractivity contribution >= 4 is 12.6 Å². The Bertz CT molecular complexity index is 86.1. The molecule has 0 aliphatic rings. The Kier molecular flexibility index (Phi) is 6.06. The van der Waals surface area contributed by atoms with Gasteiger partial charge in [-0.25, -0.2) is 0 Å². The fourth-order valence-electron chi connectivity index (χ4n) is 0.647. The summed E-state index contributed by atoms with van der Waals surface area (Å²) in [7, 11) is 0. The van der Waals surface area contributed by atoms with Gasteiger partial charge in [-0.15, -0.1) is 0 Å². The number of rotatable bonds is 5. The highest BCUT2D eigenvalue weighted by Gasteiger charge is 2.08. The van der Waals surface area contributed by atoms with E-state index in [0.29, 0.717) is 5.41 Å². The van der Waals surface area contributed by atoms with Gasteiger partial charge in [0.05, 0.1) is 0 Å². The van der Waals surface area contributed by atoms with E-state index in [1.54, 1.807) is 0 Å². The first-order valence-electron chi connectivity index (χ1n) is 4.25. The monoisotopic (exact) mass is 176 g/mol. The van der Waals surface area contributed by atoms with E-state index >= 15 is 0 Å². The molecular formula is C9H20OS. The first-order chi connectivity index (χ1) is 5.06. The summed E-state index contributed by atoms with van der Waals surface area (Å²) in [4.78, 5) is 0. The fourth-order valence-corrected chi connectivity index (χ4v) is 0.776. The summed E-state index contributed by atoms with van der Waals surface area (Å²) in [5.41, 5.74) is 0.404. The minimum absolute atomic E-state index is 0.404. The molecule has 0 spiro atoms. The van der Waals surface area contributed by atoms with Gasteiger partial charge in [0.15, 0.2) is 0 Å². The molecule has 0 heterocycles. The lowest BCUT2D eigenvalue weighted by atomic mass is 9.93. The van der Waals surface area contributed by atoms with Gasteiger partial charge in [-0.3, -0.25) is 0 Å². The van der Waals surface area contributed by atoms with Crippen molar-refractivity contribution in [1.82, 2.24) is 0 Å². The molecule has 0 radical (unpaired) electrons. The van der Waals surface area contributed by atoms with Crippen molar-refractivity contribution in [3.8, 4) is 0 Å². The topological polar surface area (TPSA) is 9.23 Å². The molecule has 0 saturated heterocycles. The predicted molar refractivity (Wildman–Crippen MR) is 53.4 cm³/mol. The van der Waals surface area contributed by atoms with E-state index in [9.17, 15) is 0 Å². The lowest BCUT2D eigenvalue weighted by molar-refractivity contribution is 0.109. The molecule has 0 rings (SSSR count). The SMILES string of the molecule is CC(C)(C)CCOCCCS. The zero-order chi connectivity index (χ0) is 8.74. The van der Waals surface area contributed by atoms with Crippen LogP contribution in [-0.4, -0.2) is 19.0 Å². The van der Waals surface area contributed by atoms with Crippen molar-refractivity contribution in [3.63, 3.8) is 0 Å². The van der Waals surface area contributed by atoms with E-state index < -0.39 is 0 Å². The maximum atomic E-state index is 5.40. The molecule has 0 aromatic heterocycles. The van der Waals surface area contributed by atoms with Gasteiger partial charge in [-0.1, -0.05) is 20.8 Å². The minimum atomic E-state index is 0.404. The molecular weight excluding hydrogens is 156 g/mol. The van der Waals surface area contributed by atoms with Gasteiger partial charge in [0.25, 0.3) is 0 Å². The summed E-state index contributed by atoms with van der Waals surface area (Å²) in [5.74, 6) is 0.926. The number of hydrogen-bond donors (Lipinski definition) is 1. The summed E-state index contributed by atoms with van der Waals surface area (Å²) in [6, 6.07) is 0. The van der Waals surface area contributed by atoms with Crippen molar-refractivity contribution in [2.24, 2.45) is 5.41 Å². The van der Waals surface area contributed by atoms with Crippen LogP contribution in [0.4, 0.5) is 0 Å². The highest BCUT2D eigenvalue weighted by Crippen LogP contribution is 2.17. The maximum absolute atomic E-state index is 5.40. The molecule has 11 heavy (non-hydrogen) atoms. The Morgan fingerprint density at radius 3 is 2.27 bits per heavy atom. The highest BCUT2D eigenvalue weighted by molar-refractivity contribution is 7.80. The summed E-state index contributed by atoms with van der Waals surface area (Å²) in [6.45, 7) is 8.44. The quantitative estimate of drug-likeness (QED) is 0.500. The van der Waals surface area contributed by atoms with E-state index in [-0.39, 0.29) is 0 Å². The van der Waals surface area contributed by atoms with Gasteiger partial charge in [-0.05, 0) is 24.0 Å². The van der Waals surface area contributed by atoms with E-state index in [1.165, 1.54) is 0 Å². The third kappa shape index (κ3) is 10.3. The normalized spacial score (nSPS) is 12.0. The second-order valence-electron chi connectivity index (χ2n) is 4.00. The summed E-state index contributed by atoms with van der Waals surface area (Å²) in [6.07, 6.45) is 2.20. The highest BCUT2D eigenvalue weighted by atomic mass is 32.1. The van der Waals surface area contributed by atoms with Crippen LogP contribution in [0.2, 0.25) is 0 Å². The molecule has 0 aliphatic heterocycles. The Hall–Kier alpha value is 0.310. The zero-order valence-corrected chi connectivity index (χ0v) is 8.79. The largest absolute Gasteiger partial charge is 0.381 e. The maximum Gasteiger partial charge on any atom is 0.0473 e. The van der Waals surface area contributed by atoms with Crippen LogP contribution in [0.3, 0.4) is 0 Å². The second-order valence-corrected chi connectivity index (χ2v) is 4.45. The third-order valence-electron chi connectivity index (χ3n) is 1.44. The van der Waals surface area contributed by atoms with Crippen LogP contribution in [0.25, 0.3) is 0 Å². The van der Waals surface area contributed by atoms with Crippen molar-refractivity contribution in [3.05, 3.63) is 0 Å². The molecule has 0 aromatic carbocycles. The van der Waals surface area contributed by atoms with E-state index in [2.05, 4.69) is 33.4 Å². The molecule has 0 fully saturated rings. The number of thiol groups is 1. The average molecular weight is 176 g/mol. The van der Waals surface area contributed by atoms with E-state index in [1.807, 2.05) is 0 Å². The van der Waals surface area contributed by atoms with E-state index in [0.717, 1.165) is 31.8 Å². The lowest BCUT2D eigenvalue weighted by Crippen LogP contribution is -2.10. The molecule has 0 amide bonds. The van der Waals surface area contributed by atoms with Gasteiger partial charge in [0, 0.05) is 13.2 Å². The molecule has 0 unspecified atom stereocenters. The Balaban J connectivity index is 3.02. The van der Waals surface area contributed by atoms with Crippen molar-refractivity contribution in [2.75, 3.05) is 19.0 Å². The Morgan fingerprint density at radius 1 is 1.18 bits per heavy atom. The van der Waals surface area contributed by atoms with Gasteiger partial charge >= 0.3 is 0 Å². The van der Waals surface area contributed by atoms with Crippen LogP contribution in [0.5, 0.6) is 0 Å². The summed E-state index contributed by atoms with van der Waals surface area (Å²) < 4.78 is 5.40. The minimum Gasteiger partial charge on any atom is -0.381 e. The smallest absolute Gasteiger partial charge is 0.0473 e. The van der Waals surface area contributed by atoms with Crippen LogP contribution in [0.1, 0.15) is 33.6 Å². The molecule has 0 aliphatic carbocycles. The second kappa shape index (κ2) is 5.90. The third-order valence-corrected chi connectivity index (χ3v) is 1.76. The van der Waals surface area contributed by atoms with Crippen molar-refractivity contribution < 1.29 is 4.74 Å². The van der Waals surface area contributed by atoms with Gasteiger partial charge in [-0.2, -0.15) is 12.6 Å². The van der Waals surface area contributed by atoms with Crippen LogP contribution >= 0.6 is 12.6 Å². The van der Waals surface area contributed by atoms with Crippen LogP contribution < -0.4 is 0 Å². The van der Waals surface area contributed by atoms with Gasteiger partial charge < -0.3 is 4.74 Å². The summed E-state index contributed by atoms with van der Waals surface area (Å²) in [5, 5.41) is 0. The molecule has 0 atom stereocenters. The van der Waals surface area contributed by atoms with Crippen LogP contribution in [-0.2, 0) is 4.74 Å². The standard InChI is InChI=1S/C9H20OS/c1-9(2,3)5-7-10-6-4-8-11/h11H,4-8H2,1-3H3. The number of hydrogen-bond acceptors (Lipinski definition) is 2. The number of ether oxygens (including phenoxy) is 1. The predicted octanol–water partition coefficient (Wildman–Crippen LogP) is 2.76. The Morgan fingerprint density at radius 2 is 1.82 bits per heavy atom. The zero-order valence-electron chi connectivity index (χ0n) is 7.89. The van der Waals surface area contributed by atoms with Crippen LogP contribution in [0, 0.1) is 5.41 Å². The first-order valence-corrected chi connectivity index (χ1v) is 4.88. The first kappa shape index (κ1) is 11.3. The van der Waals surface area contributed by atoms with Crippen molar-refractivity contribution in [2.45, 2.75) is 33.6 Å². The van der Waals surface area contributed by atoms with Crippen LogP contribution in [0.15, 0.2) is 0 Å². The van der Waals surface area contributed by atoms with E-state index in [4.69, 9.17) is 4.74 Å². The molecule has 0 N–H and O–H groups in total. The molecule has 0 aromatic rings. The molecule has 68 valence electrons. The fraction of sp³-hybridized carbons (Fsp3) is 1.00.